The van der Waals surface area contributed by atoms with Gasteiger partial charge in [0.25, 0.3) is 0 Å². The van der Waals surface area contributed by atoms with Gasteiger partial charge in [-0.3, -0.25) is 9.59 Å². The summed E-state index contributed by atoms with van der Waals surface area (Å²) in [5, 5.41) is 15.2. The molecule has 0 bridgehead atoms. The molecule has 1 aromatic carbocycles. The molecule has 20 heavy (non-hydrogen) atoms. The third kappa shape index (κ3) is 3.57. The molecule has 0 unspecified atom stereocenters. The molecule has 2 rings (SSSR count). The zero-order valence-electron chi connectivity index (χ0n) is 10.5. The Kier molecular flexibility index (Phi) is 3.99. The molecule has 0 spiro atoms. The van der Waals surface area contributed by atoms with Crippen LogP contribution in [0.5, 0.6) is 0 Å². The highest BCUT2D eigenvalue weighted by Gasteiger charge is 2.08. The SMILES string of the molecule is CC(=O)Nc1cc(NC(=O)Cn2cnnn2)ccc1F. The largest absolute Gasteiger partial charge is 0.324 e. The van der Waals surface area contributed by atoms with Crippen molar-refractivity contribution in [2.45, 2.75) is 13.5 Å². The van der Waals surface area contributed by atoms with Gasteiger partial charge in [0.1, 0.15) is 18.7 Å². The molecule has 2 aromatic rings. The van der Waals surface area contributed by atoms with Crippen molar-refractivity contribution in [3.63, 3.8) is 0 Å². The zero-order valence-corrected chi connectivity index (χ0v) is 10.5. The summed E-state index contributed by atoms with van der Waals surface area (Å²) in [7, 11) is 0. The first-order valence-corrected chi connectivity index (χ1v) is 5.62. The molecule has 0 radical (unpaired) electrons. The van der Waals surface area contributed by atoms with E-state index in [1.807, 2.05) is 0 Å². The average Bonchev–Trinajstić information content (AvgIpc) is 2.85. The Balaban J connectivity index is 2.05. The highest BCUT2D eigenvalue weighted by molar-refractivity contribution is 5.93. The Hall–Kier alpha value is -2.84. The summed E-state index contributed by atoms with van der Waals surface area (Å²) in [4.78, 5) is 22.6. The smallest absolute Gasteiger partial charge is 0.246 e. The lowest BCUT2D eigenvalue weighted by molar-refractivity contribution is -0.117. The number of carbonyl (C=O) groups is 2. The van der Waals surface area contributed by atoms with Crippen LogP contribution in [0.25, 0.3) is 0 Å². The Bertz CT molecular complexity index is 628. The Morgan fingerprint density at radius 1 is 1.35 bits per heavy atom. The Labute approximate surface area is 113 Å². The van der Waals surface area contributed by atoms with Crippen molar-refractivity contribution < 1.29 is 14.0 Å². The van der Waals surface area contributed by atoms with E-state index in [-0.39, 0.29) is 18.1 Å². The fourth-order valence-electron chi connectivity index (χ4n) is 1.49. The van der Waals surface area contributed by atoms with Gasteiger partial charge < -0.3 is 10.6 Å². The number of rotatable bonds is 4. The van der Waals surface area contributed by atoms with Gasteiger partial charge in [-0.05, 0) is 28.6 Å². The van der Waals surface area contributed by atoms with Crippen LogP contribution >= 0.6 is 0 Å². The van der Waals surface area contributed by atoms with Gasteiger partial charge in [0.2, 0.25) is 11.8 Å². The van der Waals surface area contributed by atoms with Crippen LogP contribution in [0.4, 0.5) is 15.8 Å². The third-order valence-electron chi connectivity index (χ3n) is 2.26. The summed E-state index contributed by atoms with van der Waals surface area (Å²) in [5.74, 6) is -1.36. The number of hydrogen-bond acceptors (Lipinski definition) is 5. The van der Waals surface area contributed by atoms with Gasteiger partial charge in [-0.15, -0.1) is 5.10 Å². The van der Waals surface area contributed by atoms with E-state index in [2.05, 4.69) is 26.2 Å². The molecular weight excluding hydrogens is 267 g/mol. The fraction of sp³-hybridized carbons (Fsp3) is 0.182. The number of nitrogens with zero attached hydrogens (tertiary/aromatic N) is 4. The van der Waals surface area contributed by atoms with E-state index >= 15 is 0 Å². The van der Waals surface area contributed by atoms with Crippen molar-refractivity contribution in [1.82, 2.24) is 20.2 Å². The topological polar surface area (TPSA) is 102 Å². The van der Waals surface area contributed by atoms with Gasteiger partial charge in [-0.2, -0.15) is 0 Å². The first kappa shape index (κ1) is 13.6. The third-order valence-corrected chi connectivity index (χ3v) is 2.26. The van der Waals surface area contributed by atoms with E-state index < -0.39 is 11.7 Å². The molecule has 2 N–H and O–H groups in total. The van der Waals surface area contributed by atoms with Crippen molar-refractivity contribution in [2.75, 3.05) is 10.6 Å². The number of anilines is 2. The van der Waals surface area contributed by atoms with Crippen LogP contribution in [-0.4, -0.2) is 32.0 Å². The zero-order chi connectivity index (χ0) is 14.5. The molecule has 0 saturated heterocycles. The molecule has 104 valence electrons. The lowest BCUT2D eigenvalue weighted by Gasteiger charge is -2.08. The maximum Gasteiger partial charge on any atom is 0.246 e. The van der Waals surface area contributed by atoms with Gasteiger partial charge >= 0.3 is 0 Å². The minimum atomic E-state index is -0.585. The molecule has 2 amide bonds. The molecule has 9 heteroatoms. The lowest BCUT2D eigenvalue weighted by atomic mass is 10.2. The summed E-state index contributed by atoms with van der Waals surface area (Å²) < 4.78 is 14.7. The number of nitrogens with one attached hydrogen (secondary N) is 2. The molecule has 0 aliphatic heterocycles. The highest BCUT2D eigenvalue weighted by atomic mass is 19.1. The standard InChI is InChI=1S/C11H11FN6O2/c1-7(19)14-10-4-8(2-3-9(10)12)15-11(20)5-18-6-13-16-17-18/h2-4,6H,5H2,1H3,(H,14,19)(H,15,20). The van der Waals surface area contributed by atoms with Gasteiger partial charge in [0.15, 0.2) is 0 Å². The molecule has 0 atom stereocenters. The molecule has 0 aliphatic rings. The number of benzene rings is 1. The van der Waals surface area contributed by atoms with Crippen molar-refractivity contribution in [1.29, 1.82) is 0 Å². The monoisotopic (exact) mass is 278 g/mol. The van der Waals surface area contributed by atoms with E-state index in [1.54, 1.807) is 0 Å². The van der Waals surface area contributed by atoms with Gasteiger partial charge in [0.05, 0.1) is 5.69 Å². The van der Waals surface area contributed by atoms with Crippen LogP contribution in [0.15, 0.2) is 24.5 Å². The minimum Gasteiger partial charge on any atom is -0.324 e. The van der Waals surface area contributed by atoms with Gasteiger partial charge in [0, 0.05) is 12.6 Å². The summed E-state index contributed by atoms with van der Waals surface area (Å²) in [6.45, 7) is 1.20. The molecule has 8 nitrogen and oxygen atoms in total. The van der Waals surface area contributed by atoms with Crippen molar-refractivity contribution in [3.8, 4) is 0 Å². The fourth-order valence-corrected chi connectivity index (χ4v) is 1.49. The van der Waals surface area contributed by atoms with Crippen LogP contribution in [0.2, 0.25) is 0 Å². The average molecular weight is 278 g/mol. The number of carbonyl (C=O) groups excluding carboxylic acids is 2. The second-order valence-corrected chi connectivity index (χ2v) is 3.93. The second kappa shape index (κ2) is 5.87. The quantitative estimate of drug-likeness (QED) is 0.843. The second-order valence-electron chi connectivity index (χ2n) is 3.93. The first-order chi connectivity index (χ1) is 9.54. The minimum absolute atomic E-state index is 0.00211. The highest BCUT2D eigenvalue weighted by Crippen LogP contribution is 2.19. The molecule has 0 saturated carbocycles. The van der Waals surface area contributed by atoms with Gasteiger partial charge in [-0.1, -0.05) is 0 Å². The van der Waals surface area contributed by atoms with E-state index in [0.717, 1.165) is 6.07 Å². The number of hydrogen-bond donors (Lipinski definition) is 2. The van der Waals surface area contributed by atoms with Crippen LogP contribution < -0.4 is 10.6 Å². The molecular formula is C11H11FN6O2. The maximum absolute atomic E-state index is 13.4. The van der Waals surface area contributed by atoms with E-state index in [9.17, 15) is 14.0 Å². The summed E-state index contributed by atoms with van der Waals surface area (Å²) in [5.41, 5.74) is 0.353. The summed E-state index contributed by atoms with van der Waals surface area (Å²) in [6, 6.07) is 3.87. The Morgan fingerprint density at radius 2 is 2.15 bits per heavy atom. The summed E-state index contributed by atoms with van der Waals surface area (Å²) >= 11 is 0. The van der Waals surface area contributed by atoms with E-state index in [1.165, 1.54) is 30.1 Å². The maximum atomic E-state index is 13.4. The Morgan fingerprint density at radius 3 is 2.80 bits per heavy atom. The number of tetrazole rings is 1. The lowest BCUT2D eigenvalue weighted by Crippen LogP contribution is -2.19. The first-order valence-electron chi connectivity index (χ1n) is 5.62. The molecule has 1 aromatic heterocycles. The van der Waals surface area contributed by atoms with Gasteiger partial charge in [-0.25, -0.2) is 9.07 Å². The number of halogens is 1. The molecule has 0 aliphatic carbocycles. The van der Waals surface area contributed by atoms with Crippen LogP contribution in [0, 0.1) is 5.82 Å². The van der Waals surface area contributed by atoms with Crippen molar-refractivity contribution >= 4 is 23.2 Å². The van der Waals surface area contributed by atoms with Crippen molar-refractivity contribution in [3.05, 3.63) is 30.3 Å². The van der Waals surface area contributed by atoms with E-state index in [0.29, 0.717) is 5.69 Å². The van der Waals surface area contributed by atoms with Crippen molar-refractivity contribution in [2.24, 2.45) is 0 Å². The summed E-state index contributed by atoms with van der Waals surface area (Å²) in [6.07, 6.45) is 1.30. The van der Waals surface area contributed by atoms with Crippen LogP contribution in [0.3, 0.4) is 0 Å². The molecule has 1 heterocycles. The predicted octanol–water partition coefficient (Wildman–Crippen LogP) is 0.409. The normalized spacial score (nSPS) is 10.1. The van der Waals surface area contributed by atoms with Crippen LogP contribution in [0.1, 0.15) is 6.92 Å². The predicted molar refractivity (Wildman–Crippen MR) is 67.2 cm³/mol. The number of aromatic nitrogens is 4. The van der Waals surface area contributed by atoms with E-state index in [4.69, 9.17) is 0 Å². The van der Waals surface area contributed by atoms with Crippen LogP contribution in [-0.2, 0) is 16.1 Å². The number of amides is 2. The molecule has 0 fully saturated rings.